The molecular weight excluding hydrogens is 168 g/mol. The SMILES string of the molecule is C#CCNCONC(=O)C(C)(C)C. The fourth-order valence-corrected chi connectivity index (χ4v) is 0.429. The fraction of sp³-hybridized carbons (Fsp3) is 0.667. The number of amides is 1. The summed E-state index contributed by atoms with van der Waals surface area (Å²) in [6.07, 6.45) is 4.98. The highest BCUT2D eigenvalue weighted by molar-refractivity contribution is 5.80. The van der Waals surface area contributed by atoms with Gasteiger partial charge in [-0.1, -0.05) is 26.7 Å². The second kappa shape index (κ2) is 5.57. The van der Waals surface area contributed by atoms with E-state index < -0.39 is 5.41 Å². The molecule has 0 aromatic rings. The molecular formula is C9H16N2O2. The Morgan fingerprint density at radius 1 is 1.54 bits per heavy atom. The minimum absolute atomic E-state index is 0.157. The summed E-state index contributed by atoms with van der Waals surface area (Å²) in [6, 6.07) is 0. The van der Waals surface area contributed by atoms with Crippen molar-refractivity contribution in [3.05, 3.63) is 0 Å². The molecule has 0 radical (unpaired) electrons. The van der Waals surface area contributed by atoms with E-state index in [1.165, 1.54) is 0 Å². The number of rotatable bonds is 4. The third-order valence-electron chi connectivity index (χ3n) is 1.25. The highest BCUT2D eigenvalue weighted by atomic mass is 16.7. The molecule has 0 unspecified atom stereocenters. The highest BCUT2D eigenvalue weighted by Gasteiger charge is 2.20. The summed E-state index contributed by atoms with van der Waals surface area (Å²) in [6.45, 7) is 6.05. The number of hydrogen-bond acceptors (Lipinski definition) is 3. The van der Waals surface area contributed by atoms with Crippen LogP contribution in [0.1, 0.15) is 20.8 Å². The van der Waals surface area contributed by atoms with E-state index in [2.05, 4.69) is 16.7 Å². The Morgan fingerprint density at radius 3 is 2.62 bits per heavy atom. The lowest BCUT2D eigenvalue weighted by Crippen LogP contribution is -2.37. The number of terminal acetylenes is 1. The molecule has 0 fully saturated rings. The van der Waals surface area contributed by atoms with Crippen molar-refractivity contribution in [3.8, 4) is 12.3 Å². The van der Waals surface area contributed by atoms with Crippen molar-refractivity contribution in [1.29, 1.82) is 0 Å². The Hall–Kier alpha value is -1.05. The Balaban J connectivity index is 3.45. The standard InChI is InChI=1S/C9H16N2O2/c1-5-6-10-7-13-11-8(12)9(2,3)4/h1,10H,6-7H2,2-4H3,(H,11,12). The van der Waals surface area contributed by atoms with Gasteiger partial charge in [-0.25, -0.2) is 5.48 Å². The number of nitrogens with one attached hydrogen (secondary N) is 2. The maximum absolute atomic E-state index is 11.2. The second-order valence-corrected chi connectivity index (χ2v) is 3.60. The number of carbonyl (C=O) groups is 1. The smallest absolute Gasteiger partial charge is 0.248 e. The molecule has 0 aromatic heterocycles. The van der Waals surface area contributed by atoms with Gasteiger partial charge in [-0.05, 0) is 0 Å². The van der Waals surface area contributed by atoms with Crippen molar-refractivity contribution in [2.75, 3.05) is 13.3 Å². The van der Waals surface area contributed by atoms with Gasteiger partial charge >= 0.3 is 0 Å². The van der Waals surface area contributed by atoms with Crippen LogP contribution in [0.15, 0.2) is 0 Å². The zero-order valence-electron chi connectivity index (χ0n) is 8.31. The molecule has 2 N–H and O–H groups in total. The van der Waals surface area contributed by atoms with Crippen LogP contribution in [-0.4, -0.2) is 19.2 Å². The zero-order valence-corrected chi connectivity index (χ0v) is 8.31. The van der Waals surface area contributed by atoms with E-state index in [-0.39, 0.29) is 12.6 Å². The molecule has 0 aliphatic rings. The molecule has 0 heterocycles. The molecule has 4 heteroatoms. The lowest BCUT2D eigenvalue weighted by Gasteiger charge is -2.16. The van der Waals surface area contributed by atoms with E-state index in [1.807, 2.05) is 0 Å². The molecule has 1 amide bonds. The van der Waals surface area contributed by atoms with Crippen LogP contribution in [0.3, 0.4) is 0 Å². The predicted octanol–water partition coefficient (Wildman–Crippen LogP) is 0.261. The molecule has 0 rings (SSSR count). The average Bonchev–Trinajstić information content (AvgIpc) is 2.02. The molecule has 4 nitrogen and oxygen atoms in total. The topological polar surface area (TPSA) is 50.4 Å². The first-order chi connectivity index (χ1) is 5.98. The Morgan fingerprint density at radius 2 is 2.15 bits per heavy atom. The largest absolute Gasteiger partial charge is 0.282 e. The van der Waals surface area contributed by atoms with E-state index in [0.717, 1.165) is 0 Å². The first-order valence-electron chi connectivity index (χ1n) is 4.05. The molecule has 0 spiro atoms. The van der Waals surface area contributed by atoms with E-state index in [0.29, 0.717) is 6.54 Å². The minimum Gasteiger partial charge on any atom is -0.282 e. The normalized spacial score (nSPS) is 10.6. The highest BCUT2D eigenvalue weighted by Crippen LogP contribution is 2.11. The molecule has 0 aliphatic carbocycles. The number of hydroxylamine groups is 1. The summed E-state index contributed by atoms with van der Waals surface area (Å²) in [4.78, 5) is 16.0. The van der Waals surface area contributed by atoms with Crippen LogP contribution in [0.2, 0.25) is 0 Å². The van der Waals surface area contributed by atoms with Crippen molar-refractivity contribution in [2.45, 2.75) is 20.8 Å². The summed E-state index contributed by atoms with van der Waals surface area (Å²) in [5.74, 6) is 2.22. The summed E-state index contributed by atoms with van der Waals surface area (Å²) < 4.78 is 0. The molecule has 0 saturated heterocycles. The van der Waals surface area contributed by atoms with E-state index in [1.54, 1.807) is 20.8 Å². The lowest BCUT2D eigenvalue weighted by molar-refractivity contribution is -0.142. The summed E-state index contributed by atoms with van der Waals surface area (Å²) >= 11 is 0. The molecule has 0 bridgehead atoms. The third kappa shape index (κ3) is 6.14. The van der Waals surface area contributed by atoms with E-state index >= 15 is 0 Å². The van der Waals surface area contributed by atoms with Gasteiger partial charge in [0.15, 0.2) is 0 Å². The van der Waals surface area contributed by atoms with E-state index in [9.17, 15) is 4.79 Å². The van der Waals surface area contributed by atoms with Crippen molar-refractivity contribution in [3.63, 3.8) is 0 Å². The average molecular weight is 184 g/mol. The Kier molecular flexibility index (Phi) is 5.12. The van der Waals surface area contributed by atoms with Gasteiger partial charge in [0.2, 0.25) is 5.91 Å². The summed E-state index contributed by atoms with van der Waals surface area (Å²) in [7, 11) is 0. The van der Waals surface area contributed by atoms with Crippen molar-refractivity contribution < 1.29 is 9.63 Å². The third-order valence-corrected chi connectivity index (χ3v) is 1.25. The van der Waals surface area contributed by atoms with Crippen LogP contribution in [0.25, 0.3) is 0 Å². The molecule has 13 heavy (non-hydrogen) atoms. The lowest BCUT2D eigenvalue weighted by atomic mass is 9.96. The van der Waals surface area contributed by atoms with Crippen LogP contribution in [0.5, 0.6) is 0 Å². The monoisotopic (exact) mass is 184 g/mol. The van der Waals surface area contributed by atoms with Crippen LogP contribution in [0, 0.1) is 17.8 Å². The fourth-order valence-electron chi connectivity index (χ4n) is 0.429. The minimum atomic E-state index is -0.438. The number of hydrogen-bond donors (Lipinski definition) is 2. The predicted molar refractivity (Wildman–Crippen MR) is 50.4 cm³/mol. The summed E-state index contributed by atoms with van der Waals surface area (Å²) in [5, 5.41) is 2.77. The van der Waals surface area contributed by atoms with Crippen LogP contribution < -0.4 is 10.8 Å². The molecule has 0 aliphatic heterocycles. The molecule has 74 valence electrons. The first kappa shape index (κ1) is 11.9. The van der Waals surface area contributed by atoms with Crippen LogP contribution >= 0.6 is 0 Å². The zero-order chi connectivity index (χ0) is 10.3. The Bertz CT molecular complexity index is 201. The van der Waals surface area contributed by atoms with Gasteiger partial charge < -0.3 is 0 Å². The molecule has 0 aromatic carbocycles. The quantitative estimate of drug-likeness (QED) is 0.285. The Labute approximate surface area is 79.0 Å². The van der Waals surface area contributed by atoms with Crippen LogP contribution in [0.4, 0.5) is 0 Å². The number of carbonyl (C=O) groups excluding carboxylic acids is 1. The first-order valence-corrected chi connectivity index (χ1v) is 4.05. The van der Waals surface area contributed by atoms with Gasteiger partial charge in [0.1, 0.15) is 6.73 Å². The van der Waals surface area contributed by atoms with Gasteiger partial charge in [0, 0.05) is 5.41 Å². The maximum atomic E-state index is 11.2. The van der Waals surface area contributed by atoms with Gasteiger partial charge in [0.05, 0.1) is 6.54 Å². The van der Waals surface area contributed by atoms with E-state index in [4.69, 9.17) is 11.3 Å². The van der Waals surface area contributed by atoms with Gasteiger partial charge in [-0.3, -0.25) is 14.9 Å². The maximum Gasteiger partial charge on any atom is 0.248 e. The summed E-state index contributed by atoms with van der Waals surface area (Å²) in [5.41, 5.74) is 1.87. The van der Waals surface area contributed by atoms with Crippen molar-refractivity contribution in [1.82, 2.24) is 10.8 Å². The van der Waals surface area contributed by atoms with Crippen molar-refractivity contribution in [2.24, 2.45) is 5.41 Å². The van der Waals surface area contributed by atoms with Crippen molar-refractivity contribution >= 4 is 5.91 Å². The van der Waals surface area contributed by atoms with Crippen LogP contribution in [-0.2, 0) is 9.63 Å². The van der Waals surface area contributed by atoms with Gasteiger partial charge in [-0.15, -0.1) is 6.42 Å². The van der Waals surface area contributed by atoms with Gasteiger partial charge in [-0.2, -0.15) is 0 Å². The molecule has 0 atom stereocenters. The van der Waals surface area contributed by atoms with Gasteiger partial charge in [0.25, 0.3) is 0 Å². The second-order valence-electron chi connectivity index (χ2n) is 3.60. The molecule has 0 saturated carbocycles.